The minimum absolute atomic E-state index is 0.338. The highest BCUT2D eigenvalue weighted by molar-refractivity contribution is 7.13. The summed E-state index contributed by atoms with van der Waals surface area (Å²) < 4.78 is 5.29. The topological polar surface area (TPSA) is 97.0 Å². The van der Waals surface area contributed by atoms with Crippen LogP contribution in [0.25, 0.3) is 22.4 Å². The fraction of sp³-hybridized carbons (Fsp3) is 0.143. The van der Waals surface area contributed by atoms with Gasteiger partial charge in [0.1, 0.15) is 5.82 Å². The van der Waals surface area contributed by atoms with Gasteiger partial charge in [0.15, 0.2) is 11.2 Å². The van der Waals surface area contributed by atoms with Gasteiger partial charge in [0.25, 0.3) is 5.91 Å². The zero-order chi connectivity index (χ0) is 20.4. The first-order valence-electron chi connectivity index (χ1n) is 8.98. The second kappa shape index (κ2) is 7.84. The molecule has 2 heterocycles. The first-order valence-corrected chi connectivity index (χ1v) is 9.86. The third-order valence-corrected chi connectivity index (χ3v) is 5.05. The van der Waals surface area contributed by atoms with Crippen molar-refractivity contribution in [3.63, 3.8) is 0 Å². The maximum absolute atomic E-state index is 12.5. The monoisotopic (exact) mass is 406 g/mol. The minimum Gasteiger partial charge on any atom is -0.449 e. The number of carbonyl (C=O) groups excluding carboxylic acids is 2. The summed E-state index contributed by atoms with van der Waals surface area (Å²) in [7, 11) is 0. The second-order valence-electron chi connectivity index (χ2n) is 6.56. The third-order valence-electron chi connectivity index (χ3n) is 4.36. The Labute approximate surface area is 170 Å². The van der Waals surface area contributed by atoms with E-state index in [0.717, 1.165) is 22.4 Å². The van der Waals surface area contributed by atoms with Crippen molar-refractivity contribution in [3.8, 4) is 11.4 Å². The van der Waals surface area contributed by atoms with Gasteiger partial charge in [-0.3, -0.25) is 10.1 Å². The number of aromatic amines is 1. The summed E-state index contributed by atoms with van der Waals surface area (Å²) >= 11 is 1.29. The van der Waals surface area contributed by atoms with Crippen LogP contribution < -0.4 is 5.32 Å². The Kier molecular flexibility index (Phi) is 5.09. The number of imidazole rings is 1. The predicted octanol–water partition coefficient (Wildman–Crippen LogP) is 4.18. The van der Waals surface area contributed by atoms with E-state index in [1.807, 2.05) is 31.2 Å². The van der Waals surface area contributed by atoms with Crippen molar-refractivity contribution < 1.29 is 14.3 Å². The normalized spacial score (nSPS) is 11.9. The maximum Gasteiger partial charge on any atom is 0.338 e. The number of nitrogens with one attached hydrogen (secondary N) is 2. The molecule has 1 atom stereocenters. The Hall–Kier alpha value is -3.52. The second-order valence-corrected chi connectivity index (χ2v) is 7.45. The highest BCUT2D eigenvalue weighted by Crippen LogP contribution is 2.22. The average molecular weight is 406 g/mol. The molecule has 0 spiro atoms. The lowest BCUT2D eigenvalue weighted by Crippen LogP contribution is -2.29. The quantitative estimate of drug-likeness (QED) is 0.485. The van der Waals surface area contributed by atoms with Crippen molar-refractivity contribution in [2.75, 3.05) is 5.32 Å². The lowest BCUT2D eigenvalue weighted by Gasteiger charge is -2.12. The van der Waals surface area contributed by atoms with E-state index >= 15 is 0 Å². The molecule has 0 saturated carbocycles. The van der Waals surface area contributed by atoms with Gasteiger partial charge < -0.3 is 9.72 Å². The van der Waals surface area contributed by atoms with E-state index in [-0.39, 0.29) is 0 Å². The van der Waals surface area contributed by atoms with Crippen LogP contribution in [0.4, 0.5) is 5.13 Å². The number of thiazole rings is 1. The van der Waals surface area contributed by atoms with Crippen LogP contribution in [0.2, 0.25) is 0 Å². The van der Waals surface area contributed by atoms with Crippen molar-refractivity contribution in [1.29, 1.82) is 0 Å². The van der Waals surface area contributed by atoms with Gasteiger partial charge in [0, 0.05) is 17.1 Å². The van der Waals surface area contributed by atoms with Crippen molar-refractivity contribution >= 4 is 39.4 Å². The van der Waals surface area contributed by atoms with Crippen molar-refractivity contribution in [3.05, 3.63) is 65.2 Å². The Morgan fingerprint density at radius 3 is 2.69 bits per heavy atom. The summed E-state index contributed by atoms with van der Waals surface area (Å²) in [5.74, 6) is -0.292. The molecule has 1 unspecified atom stereocenters. The van der Waals surface area contributed by atoms with Gasteiger partial charge in [-0.1, -0.05) is 29.8 Å². The van der Waals surface area contributed by atoms with Gasteiger partial charge in [-0.05, 0) is 32.0 Å². The molecule has 1 amide bonds. The molecule has 146 valence electrons. The van der Waals surface area contributed by atoms with Crippen LogP contribution >= 0.6 is 11.3 Å². The first kappa shape index (κ1) is 18.8. The van der Waals surface area contributed by atoms with Crippen LogP contribution in [-0.4, -0.2) is 32.9 Å². The number of esters is 1. The van der Waals surface area contributed by atoms with Gasteiger partial charge in [-0.25, -0.2) is 14.8 Å². The van der Waals surface area contributed by atoms with Crippen LogP contribution in [0.3, 0.4) is 0 Å². The number of anilines is 1. The number of aryl methyl sites for hydroxylation is 1. The number of rotatable bonds is 5. The summed E-state index contributed by atoms with van der Waals surface area (Å²) in [5.41, 5.74) is 3.93. The summed E-state index contributed by atoms with van der Waals surface area (Å²) in [5, 5.41) is 4.81. The zero-order valence-electron chi connectivity index (χ0n) is 15.8. The summed E-state index contributed by atoms with van der Waals surface area (Å²) in [6.07, 6.45) is 0.633. The van der Waals surface area contributed by atoms with E-state index in [2.05, 4.69) is 20.3 Å². The highest BCUT2D eigenvalue weighted by Gasteiger charge is 2.20. The number of fused-ring (bicyclic) bond motifs is 1. The van der Waals surface area contributed by atoms with E-state index in [4.69, 9.17) is 4.74 Å². The van der Waals surface area contributed by atoms with E-state index < -0.39 is 18.0 Å². The zero-order valence-corrected chi connectivity index (χ0v) is 16.6. The molecule has 4 rings (SSSR count). The fourth-order valence-electron chi connectivity index (χ4n) is 2.76. The number of aromatic nitrogens is 3. The molecule has 2 N–H and O–H groups in total. The number of hydrogen-bond acceptors (Lipinski definition) is 6. The van der Waals surface area contributed by atoms with Gasteiger partial charge in [0.05, 0.1) is 16.6 Å². The largest absolute Gasteiger partial charge is 0.449 e. The summed E-state index contributed by atoms with van der Waals surface area (Å²) in [6, 6.07) is 13.1. The van der Waals surface area contributed by atoms with Crippen LogP contribution in [-0.2, 0) is 9.53 Å². The predicted molar refractivity (Wildman–Crippen MR) is 112 cm³/mol. The Bertz CT molecular complexity index is 1170. The Morgan fingerprint density at radius 1 is 1.17 bits per heavy atom. The summed E-state index contributed by atoms with van der Waals surface area (Å²) in [6.45, 7) is 3.55. The van der Waals surface area contributed by atoms with E-state index in [1.165, 1.54) is 23.8 Å². The molecule has 0 fully saturated rings. The van der Waals surface area contributed by atoms with E-state index in [9.17, 15) is 9.59 Å². The van der Waals surface area contributed by atoms with E-state index in [0.29, 0.717) is 10.7 Å². The van der Waals surface area contributed by atoms with Crippen molar-refractivity contribution in [2.45, 2.75) is 20.0 Å². The lowest BCUT2D eigenvalue weighted by atomic mass is 10.1. The Morgan fingerprint density at radius 2 is 1.97 bits per heavy atom. The number of amides is 1. The average Bonchev–Trinajstić information content (AvgIpc) is 3.37. The SMILES string of the molecule is Cc1ccc(-c2nc3ccc(C(=O)OC(C)C(=O)Nc4nccs4)cc3[nH]2)cc1. The maximum atomic E-state index is 12.5. The molecule has 8 heteroatoms. The molecule has 0 radical (unpaired) electrons. The standard InChI is InChI=1S/C21H18N4O3S/c1-12-3-5-14(6-4-12)18-23-16-8-7-15(11-17(16)24-18)20(27)28-13(2)19(26)25-21-22-9-10-29-21/h3-11,13H,1-2H3,(H,23,24)(H,22,25,26). The van der Waals surface area contributed by atoms with Gasteiger partial charge in [-0.15, -0.1) is 11.3 Å². The molecule has 0 saturated heterocycles. The van der Waals surface area contributed by atoms with Gasteiger partial charge >= 0.3 is 5.97 Å². The Balaban J connectivity index is 1.49. The number of hydrogen-bond donors (Lipinski definition) is 2. The minimum atomic E-state index is -0.952. The van der Waals surface area contributed by atoms with Crippen LogP contribution in [0.15, 0.2) is 54.0 Å². The fourth-order valence-corrected chi connectivity index (χ4v) is 3.29. The molecule has 0 aliphatic heterocycles. The summed E-state index contributed by atoms with van der Waals surface area (Å²) in [4.78, 5) is 36.4. The first-order chi connectivity index (χ1) is 14.0. The number of H-pyrrole nitrogens is 1. The molecular formula is C21H18N4O3S. The lowest BCUT2D eigenvalue weighted by molar-refractivity contribution is -0.123. The highest BCUT2D eigenvalue weighted by atomic mass is 32.1. The third kappa shape index (κ3) is 4.17. The molecular weight excluding hydrogens is 388 g/mol. The number of ether oxygens (including phenoxy) is 1. The van der Waals surface area contributed by atoms with Crippen LogP contribution in [0, 0.1) is 6.92 Å². The van der Waals surface area contributed by atoms with Gasteiger partial charge in [0.2, 0.25) is 0 Å². The number of benzene rings is 2. The van der Waals surface area contributed by atoms with Crippen LogP contribution in [0.1, 0.15) is 22.8 Å². The molecule has 0 bridgehead atoms. The smallest absolute Gasteiger partial charge is 0.338 e. The molecule has 7 nitrogen and oxygen atoms in total. The number of carbonyl (C=O) groups is 2. The molecule has 0 aliphatic rings. The van der Waals surface area contributed by atoms with Gasteiger partial charge in [-0.2, -0.15) is 0 Å². The van der Waals surface area contributed by atoms with E-state index in [1.54, 1.807) is 29.8 Å². The number of nitrogens with zero attached hydrogens (tertiary/aromatic N) is 2. The molecule has 2 aromatic carbocycles. The van der Waals surface area contributed by atoms with Crippen molar-refractivity contribution in [2.24, 2.45) is 0 Å². The van der Waals surface area contributed by atoms with Crippen LogP contribution in [0.5, 0.6) is 0 Å². The van der Waals surface area contributed by atoms with Crippen molar-refractivity contribution in [1.82, 2.24) is 15.0 Å². The molecule has 4 aromatic rings. The molecule has 2 aromatic heterocycles. The molecule has 29 heavy (non-hydrogen) atoms. The molecule has 0 aliphatic carbocycles.